The summed E-state index contributed by atoms with van der Waals surface area (Å²) in [5.74, 6) is 0.0306. The van der Waals surface area contributed by atoms with Gasteiger partial charge in [-0.05, 0) is 5.56 Å². The number of benzene rings is 1. The third-order valence-corrected chi connectivity index (χ3v) is 2.03. The standard InChI is InChI=1S/C11H12N2O2/c12-10-6-13(7-11(10)14)15-8-9-4-2-1-3-5-9/h1-7,14H,8,12H2. The number of rotatable bonds is 3. The largest absolute Gasteiger partial charge is 0.504 e. The third kappa shape index (κ3) is 2.22. The number of hydrogen-bond donors (Lipinski definition) is 2. The van der Waals surface area contributed by atoms with Crippen LogP contribution in [0.25, 0.3) is 0 Å². The van der Waals surface area contributed by atoms with Gasteiger partial charge in [-0.15, -0.1) is 0 Å². The van der Waals surface area contributed by atoms with Crippen molar-refractivity contribution in [3.8, 4) is 5.75 Å². The number of nitrogens with zero attached hydrogens (tertiary/aromatic N) is 1. The van der Waals surface area contributed by atoms with Gasteiger partial charge in [0.25, 0.3) is 0 Å². The van der Waals surface area contributed by atoms with Gasteiger partial charge < -0.3 is 15.7 Å². The first-order valence-electron chi connectivity index (χ1n) is 4.59. The van der Waals surface area contributed by atoms with E-state index in [1.54, 1.807) is 0 Å². The molecule has 0 saturated carbocycles. The molecule has 78 valence electrons. The van der Waals surface area contributed by atoms with Crippen LogP contribution in [0, 0.1) is 0 Å². The van der Waals surface area contributed by atoms with Gasteiger partial charge in [-0.25, -0.2) is 0 Å². The van der Waals surface area contributed by atoms with Gasteiger partial charge >= 0.3 is 0 Å². The second kappa shape index (κ2) is 3.96. The molecule has 0 spiro atoms. The van der Waals surface area contributed by atoms with Gasteiger partial charge in [-0.1, -0.05) is 30.3 Å². The Balaban J connectivity index is 1.99. The van der Waals surface area contributed by atoms with Crippen LogP contribution in [-0.4, -0.2) is 9.84 Å². The minimum Gasteiger partial charge on any atom is -0.504 e. The zero-order valence-electron chi connectivity index (χ0n) is 8.13. The number of hydrogen-bond acceptors (Lipinski definition) is 3. The first-order chi connectivity index (χ1) is 7.25. The SMILES string of the molecule is Nc1cn(OCc2ccccc2)cc1O. The van der Waals surface area contributed by atoms with Crippen molar-refractivity contribution in [1.29, 1.82) is 0 Å². The van der Waals surface area contributed by atoms with Crippen molar-refractivity contribution < 1.29 is 9.94 Å². The van der Waals surface area contributed by atoms with Crippen LogP contribution in [-0.2, 0) is 6.61 Å². The molecule has 15 heavy (non-hydrogen) atoms. The molecular formula is C11H12N2O2. The maximum atomic E-state index is 9.21. The number of aromatic hydroxyl groups is 1. The van der Waals surface area contributed by atoms with Gasteiger partial charge in [0.05, 0.1) is 18.1 Å². The van der Waals surface area contributed by atoms with Crippen LogP contribution in [0.5, 0.6) is 5.75 Å². The van der Waals surface area contributed by atoms with Gasteiger partial charge in [-0.3, -0.25) is 0 Å². The number of nitrogens with two attached hydrogens (primary N) is 1. The summed E-state index contributed by atoms with van der Waals surface area (Å²) >= 11 is 0. The molecule has 0 aliphatic carbocycles. The normalized spacial score (nSPS) is 10.1. The van der Waals surface area contributed by atoms with Crippen LogP contribution >= 0.6 is 0 Å². The molecule has 0 unspecified atom stereocenters. The van der Waals surface area contributed by atoms with Crippen LogP contribution in [0.1, 0.15) is 5.56 Å². The Morgan fingerprint density at radius 1 is 1.20 bits per heavy atom. The van der Waals surface area contributed by atoms with E-state index >= 15 is 0 Å². The van der Waals surface area contributed by atoms with E-state index in [1.165, 1.54) is 17.1 Å². The Kier molecular flexibility index (Phi) is 2.49. The Hall–Kier alpha value is -2.10. The smallest absolute Gasteiger partial charge is 0.159 e. The van der Waals surface area contributed by atoms with Crippen LogP contribution in [0.2, 0.25) is 0 Å². The summed E-state index contributed by atoms with van der Waals surface area (Å²) in [4.78, 5) is 5.37. The zero-order valence-corrected chi connectivity index (χ0v) is 8.13. The van der Waals surface area contributed by atoms with Crippen molar-refractivity contribution in [2.75, 3.05) is 5.73 Å². The fraction of sp³-hybridized carbons (Fsp3) is 0.0909. The first-order valence-corrected chi connectivity index (χ1v) is 4.59. The van der Waals surface area contributed by atoms with Gasteiger partial charge in [0.1, 0.15) is 6.61 Å². The molecule has 0 saturated heterocycles. The van der Waals surface area contributed by atoms with Crippen LogP contribution < -0.4 is 10.6 Å². The van der Waals surface area contributed by atoms with Gasteiger partial charge in [0.2, 0.25) is 0 Å². The fourth-order valence-electron chi connectivity index (χ4n) is 1.23. The second-order valence-electron chi connectivity index (χ2n) is 3.22. The maximum absolute atomic E-state index is 9.21. The lowest BCUT2D eigenvalue weighted by molar-refractivity contribution is 0.0975. The summed E-state index contributed by atoms with van der Waals surface area (Å²) in [5.41, 5.74) is 6.83. The Morgan fingerprint density at radius 3 is 2.53 bits per heavy atom. The summed E-state index contributed by atoms with van der Waals surface area (Å²) in [6.07, 6.45) is 2.95. The topological polar surface area (TPSA) is 60.4 Å². The summed E-state index contributed by atoms with van der Waals surface area (Å²) in [7, 11) is 0. The van der Waals surface area contributed by atoms with E-state index in [4.69, 9.17) is 10.6 Å². The zero-order chi connectivity index (χ0) is 10.7. The van der Waals surface area contributed by atoms with Crippen LogP contribution in [0.3, 0.4) is 0 Å². The van der Waals surface area contributed by atoms with E-state index in [2.05, 4.69) is 0 Å². The predicted octanol–water partition coefficient (Wildman–Crippen LogP) is 1.40. The molecule has 0 bridgehead atoms. The highest BCUT2D eigenvalue weighted by atomic mass is 16.7. The first kappa shape index (κ1) is 9.45. The van der Waals surface area contributed by atoms with Crippen molar-refractivity contribution in [3.63, 3.8) is 0 Å². The van der Waals surface area contributed by atoms with Gasteiger partial charge in [-0.2, -0.15) is 4.73 Å². The van der Waals surface area contributed by atoms with Crippen molar-refractivity contribution in [1.82, 2.24) is 4.73 Å². The molecule has 0 atom stereocenters. The molecule has 1 aromatic carbocycles. The van der Waals surface area contributed by atoms with E-state index in [9.17, 15) is 5.11 Å². The highest BCUT2D eigenvalue weighted by Crippen LogP contribution is 2.18. The number of aromatic nitrogens is 1. The highest BCUT2D eigenvalue weighted by molar-refractivity contribution is 5.49. The molecule has 2 aromatic rings. The summed E-state index contributed by atoms with van der Waals surface area (Å²) in [6.45, 7) is 0.439. The molecule has 0 amide bonds. The average Bonchev–Trinajstić information content (AvgIpc) is 2.57. The molecule has 3 N–H and O–H groups in total. The second-order valence-corrected chi connectivity index (χ2v) is 3.22. The highest BCUT2D eigenvalue weighted by Gasteiger charge is 2.01. The Bertz CT molecular complexity index is 418. The van der Waals surface area contributed by atoms with Crippen molar-refractivity contribution >= 4 is 5.69 Å². The van der Waals surface area contributed by atoms with Gasteiger partial charge in [0.15, 0.2) is 5.75 Å². The van der Waals surface area contributed by atoms with Crippen molar-refractivity contribution in [3.05, 3.63) is 48.3 Å². The molecule has 2 rings (SSSR count). The molecule has 0 aliphatic rings. The van der Waals surface area contributed by atoms with Crippen LogP contribution in [0.4, 0.5) is 5.69 Å². The van der Waals surface area contributed by atoms with E-state index in [0.717, 1.165) is 5.56 Å². The maximum Gasteiger partial charge on any atom is 0.159 e. The van der Waals surface area contributed by atoms with Crippen molar-refractivity contribution in [2.24, 2.45) is 0 Å². The lowest BCUT2D eigenvalue weighted by Gasteiger charge is -2.05. The molecule has 0 radical (unpaired) electrons. The lowest BCUT2D eigenvalue weighted by Crippen LogP contribution is -2.08. The summed E-state index contributed by atoms with van der Waals surface area (Å²) < 4.78 is 1.40. The molecule has 0 fully saturated rings. The Morgan fingerprint density at radius 2 is 1.93 bits per heavy atom. The molecule has 4 nitrogen and oxygen atoms in total. The number of nitrogen functional groups attached to an aromatic ring is 1. The monoisotopic (exact) mass is 204 g/mol. The predicted molar refractivity (Wildman–Crippen MR) is 57.2 cm³/mol. The molecule has 0 aliphatic heterocycles. The van der Waals surface area contributed by atoms with E-state index < -0.39 is 0 Å². The lowest BCUT2D eigenvalue weighted by atomic mass is 10.2. The molecule has 1 heterocycles. The molecule has 4 heteroatoms. The fourth-order valence-corrected chi connectivity index (χ4v) is 1.23. The van der Waals surface area contributed by atoms with Crippen molar-refractivity contribution in [2.45, 2.75) is 6.61 Å². The summed E-state index contributed by atoms with van der Waals surface area (Å²) in [6, 6.07) is 9.77. The quantitative estimate of drug-likeness (QED) is 0.794. The van der Waals surface area contributed by atoms with Crippen LogP contribution in [0.15, 0.2) is 42.7 Å². The molecule has 1 aromatic heterocycles. The number of anilines is 1. The molecular weight excluding hydrogens is 192 g/mol. The minimum absolute atomic E-state index is 0.0306. The van der Waals surface area contributed by atoms with E-state index in [0.29, 0.717) is 12.3 Å². The summed E-state index contributed by atoms with van der Waals surface area (Å²) in [5, 5.41) is 9.21. The Labute approximate surface area is 87.5 Å². The van der Waals surface area contributed by atoms with Gasteiger partial charge in [0, 0.05) is 0 Å². The third-order valence-electron chi connectivity index (χ3n) is 2.03. The average molecular weight is 204 g/mol. The minimum atomic E-state index is 0.0306. The van der Waals surface area contributed by atoms with E-state index in [1.807, 2.05) is 30.3 Å². The van der Waals surface area contributed by atoms with E-state index in [-0.39, 0.29) is 5.75 Å².